The zero-order valence-electron chi connectivity index (χ0n) is 77.3. The van der Waals surface area contributed by atoms with Crippen LogP contribution in [0, 0.1) is 0 Å². The summed E-state index contributed by atoms with van der Waals surface area (Å²) in [4.78, 5) is 31.9. The maximum Gasteiger partial charge on any atom is 0.235 e. The van der Waals surface area contributed by atoms with Crippen molar-refractivity contribution in [2.45, 2.75) is 19.3 Å². The Kier molecular flexibility index (Phi) is 18.1. The maximum absolute atomic E-state index is 6.30. The van der Waals surface area contributed by atoms with Crippen molar-refractivity contribution in [1.29, 1.82) is 0 Å². The number of benzene rings is 19. The Morgan fingerprint density at radius 2 is 0.552 bits per heavy atom. The van der Waals surface area contributed by atoms with Gasteiger partial charge in [-0.1, -0.05) is 329 Å². The molecule has 0 saturated carbocycles. The van der Waals surface area contributed by atoms with Gasteiger partial charge in [0.2, 0.25) is 17.8 Å². The number of hydrogen-bond donors (Lipinski definition) is 0. The average Bonchev–Trinajstić information content (AvgIpc) is 1.54. The Labute approximate surface area is 816 Å². The van der Waals surface area contributed by atoms with Crippen LogP contribution in [-0.4, -0.2) is 48.2 Å². The standard InChI is InChI=1S/C46H28N4O.C43H29N3O.C40H23N3O2/c1-3-13-29(14-4-1)37-28-38(30-23-26-43-36(27-30)33-18-9-12-22-42(33)51-43)48-46(47-37)50-40-21-11-8-19-35(40)44-41(50)25-24-34-32-17-7-10-20-39(32)49(45(34)44)31-15-5-2-6-16-31;1-43(2)32-19-9-6-15-27(32)28-23-24-36-40(41(28)43)30-16-7-10-20-35(30)46(36)42-44-33(26-13-4-3-5-14-26)25-34(45-42)29-18-12-22-38-39(29)31-17-8-11-21-37(31)47-38;1-2-11-24(12-3-1)31-23-32(27-16-10-20-37-39(27)28-15-6-9-19-36(28)44-37)42-40(41-31)43-33-17-7-4-13-25(33)29-22-38-30(21-34(29)43)26-14-5-8-18-35(26)45-38/h1-28H;3-25H,1-2H3;1-23H. The van der Waals surface area contributed by atoms with E-state index in [1.807, 2.05) is 115 Å². The number of furan rings is 4. The quantitative estimate of drug-likeness (QED) is 0.129. The molecular formula is C129H80N10O4. The fraction of sp³-hybridized carbons (Fsp3) is 0.0233. The molecule has 11 aromatic heterocycles. The molecule has 0 N–H and O–H groups in total. The fourth-order valence-corrected chi connectivity index (χ4v) is 22.7. The highest BCUT2D eigenvalue weighted by Gasteiger charge is 2.39. The van der Waals surface area contributed by atoms with Crippen LogP contribution < -0.4 is 0 Å². The normalized spacial score (nSPS) is 12.5. The van der Waals surface area contributed by atoms with Crippen LogP contribution in [0.15, 0.2) is 467 Å². The highest BCUT2D eigenvalue weighted by molar-refractivity contribution is 6.27. The Balaban J connectivity index is 0.000000102. The molecule has 1 aliphatic rings. The molecule has 670 valence electrons. The molecule has 19 aromatic carbocycles. The second-order valence-corrected chi connectivity index (χ2v) is 37.4. The Morgan fingerprint density at radius 3 is 1.10 bits per heavy atom. The molecule has 0 radical (unpaired) electrons. The molecule has 0 saturated heterocycles. The van der Waals surface area contributed by atoms with E-state index in [9.17, 15) is 0 Å². The van der Waals surface area contributed by atoms with Crippen molar-refractivity contribution in [3.05, 3.63) is 460 Å². The van der Waals surface area contributed by atoms with E-state index in [-0.39, 0.29) is 5.41 Å². The minimum absolute atomic E-state index is 0.156. The zero-order valence-corrected chi connectivity index (χ0v) is 77.3. The molecule has 0 amide bonds. The Bertz CT molecular complexity index is 10500. The lowest BCUT2D eigenvalue weighted by molar-refractivity contribution is 0.666. The lowest BCUT2D eigenvalue weighted by atomic mass is 9.80. The molecule has 30 aromatic rings. The molecule has 1 aliphatic carbocycles. The van der Waals surface area contributed by atoms with Crippen LogP contribution in [0.1, 0.15) is 25.0 Å². The highest BCUT2D eigenvalue weighted by atomic mass is 16.3. The first-order valence-electron chi connectivity index (χ1n) is 48.3. The summed E-state index contributed by atoms with van der Waals surface area (Å²) in [6.45, 7) is 4.70. The molecule has 0 fully saturated rings. The van der Waals surface area contributed by atoms with Crippen molar-refractivity contribution in [3.8, 4) is 102 Å². The van der Waals surface area contributed by atoms with E-state index in [0.717, 1.165) is 210 Å². The van der Waals surface area contributed by atoms with Crippen molar-refractivity contribution in [2.24, 2.45) is 0 Å². The fourth-order valence-electron chi connectivity index (χ4n) is 22.7. The molecule has 0 atom stereocenters. The zero-order chi connectivity index (χ0) is 94.2. The van der Waals surface area contributed by atoms with E-state index in [1.54, 1.807) is 0 Å². The molecule has 31 rings (SSSR count). The van der Waals surface area contributed by atoms with Gasteiger partial charge in [-0.2, -0.15) is 0 Å². The van der Waals surface area contributed by atoms with Crippen LogP contribution in [0.3, 0.4) is 0 Å². The van der Waals surface area contributed by atoms with Gasteiger partial charge in [-0.3, -0.25) is 13.7 Å². The Morgan fingerprint density at radius 1 is 0.189 bits per heavy atom. The van der Waals surface area contributed by atoms with Crippen LogP contribution in [0.5, 0.6) is 0 Å². The van der Waals surface area contributed by atoms with Gasteiger partial charge in [0.1, 0.15) is 44.7 Å². The average molecular weight is 1830 g/mol. The summed E-state index contributed by atoms with van der Waals surface area (Å²) in [5.74, 6) is 1.87. The number of nitrogens with zero attached hydrogens (tertiary/aromatic N) is 10. The monoisotopic (exact) mass is 1830 g/mol. The Hall–Kier alpha value is -19.2. The van der Waals surface area contributed by atoms with E-state index in [1.165, 1.54) is 60.2 Å². The molecule has 11 heterocycles. The largest absolute Gasteiger partial charge is 0.456 e. The lowest BCUT2D eigenvalue weighted by Gasteiger charge is -2.22. The first-order valence-corrected chi connectivity index (χ1v) is 48.3. The number of rotatable bonds is 10. The van der Waals surface area contributed by atoms with Gasteiger partial charge >= 0.3 is 0 Å². The second kappa shape index (κ2) is 32.0. The van der Waals surface area contributed by atoms with Gasteiger partial charge in [0, 0.05) is 131 Å². The van der Waals surface area contributed by atoms with Crippen LogP contribution in [0.2, 0.25) is 0 Å². The third kappa shape index (κ3) is 12.8. The molecule has 0 aliphatic heterocycles. The molecular weight excluding hydrogens is 1750 g/mol. The van der Waals surface area contributed by atoms with Crippen LogP contribution in [0.4, 0.5) is 0 Å². The molecule has 0 unspecified atom stereocenters. The summed E-state index contributed by atoms with van der Waals surface area (Å²) in [6, 6.07) is 156. The van der Waals surface area contributed by atoms with E-state index in [0.29, 0.717) is 17.8 Å². The summed E-state index contributed by atoms with van der Waals surface area (Å²) in [5.41, 5.74) is 33.1. The minimum Gasteiger partial charge on any atom is -0.456 e. The summed E-state index contributed by atoms with van der Waals surface area (Å²) < 4.78 is 34.1. The van der Waals surface area contributed by atoms with Gasteiger partial charge in [0.25, 0.3) is 0 Å². The van der Waals surface area contributed by atoms with Crippen LogP contribution in [-0.2, 0) is 5.41 Å². The van der Waals surface area contributed by atoms with Crippen molar-refractivity contribution in [1.82, 2.24) is 48.2 Å². The number of aromatic nitrogens is 10. The van der Waals surface area contributed by atoms with Crippen LogP contribution >= 0.6 is 0 Å². The summed E-state index contributed by atoms with van der Waals surface area (Å²) >= 11 is 0. The number of hydrogen-bond acceptors (Lipinski definition) is 10. The molecule has 143 heavy (non-hydrogen) atoms. The van der Waals surface area contributed by atoms with E-state index < -0.39 is 0 Å². The van der Waals surface area contributed by atoms with Gasteiger partial charge in [-0.25, -0.2) is 29.9 Å². The SMILES string of the molecule is CC1(C)c2ccccc2-c2ccc3c(c21)c1ccccc1n3-c1nc(-c2ccccc2)cc(-c2cccc3oc4ccccc4c23)n1.c1ccc(-c2cc(-c3ccc4oc5ccccc5c4c3)nc(-n3c4ccccc4c4c3ccc3c5ccccc5n(-c5ccccc5)c34)n2)cc1.c1ccc(-c2cc(-c3cccc4oc5ccccc5c34)nc(-n3c4ccccc4c4cc5oc6ccccc6c5cc43)n2)cc1. The van der Waals surface area contributed by atoms with Gasteiger partial charge in [-0.05, 0) is 156 Å². The molecule has 0 bridgehead atoms. The third-order valence-electron chi connectivity index (χ3n) is 29.0. The predicted octanol–water partition coefficient (Wildman–Crippen LogP) is 33.7. The van der Waals surface area contributed by atoms with Crippen molar-refractivity contribution >= 4 is 175 Å². The second-order valence-electron chi connectivity index (χ2n) is 37.4. The van der Waals surface area contributed by atoms with Gasteiger partial charge in [0.05, 0.1) is 78.3 Å². The first kappa shape index (κ1) is 81.0. The predicted molar refractivity (Wildman–Crippen MR) is 583 cm³/mol. The molecule has 14 nitrogen and oxygen atoms in total. The van der Waals surface area contributed by atoms with Crippen molar-refractivity contribution in [2.75, 3.05) is 0 Å². The smallest absolute Gasteiger partial charge is 0.235 e. The summed E-state index contributed by atoms with van der Waals surface area (Å²) in [7, 11) is 0. The maximum atomic E-state index is 6.30. The molecule has 14 heteroatoms. The summed E-state index contributed by atoms with van der Waals surface area (Å²) in [5, 5.41) is 18.0. The highest BCUT2D eigenvalue weighted by Crippen LogP contribution is 2.55. The van der Waals surface area contributed by atoms with Crippen molar-refractivity contribution in [3.63, 3.8) is 0 Å². The topological polar surface area (TPSA) is 150 Å². The van der Waals surface area contributed by atoms with Gasteiger partial charge < -0.3 is 22.2 Å². The lowest BCUT2D eigenvalue weighted by Crippen LogP contribution is -2.15. The van der Waals surface area contributed by atoms with Crippen molar-refractivity contribution < 1.29 is 17.7 Å². The third-order valence-corrected chi connectivity index (χ3v) is 29.0. The van der Waals surface area contributed by atoms with E-state index >= 15 is 0 Å². The van der Waals surface area contributed by atoms with Gasteiger partial charge in [-0.15, -0.1) is 0 Å². The van der Waals surface area contributed by atoms with E-state index in [2.05, 4.69) is 366 Å². The number of para-hydroxylation sites is 9. The van der Waals surface area contributed by atoms with E-state index in [4.69, 9.17) is 47.6 Å². The number of fused-ring (bicyclic) bond motifs is 29. The summed E-state index contributed by atoms with van der Waals surface area (Å²) in [6.07, 6.45) is 0. The van der Waals surface area contributed by atoms with Crippen LogP contribution in [0.25, 0.3) is 277 Å². The molecule has 0 spiro atoms. The minimum atomic E-state index is -0.156. The van der Waals surface area contributed by atoms with Gasteiger partial charge in [0.15, 0.2) is 0 Å². The first-order chi connectivity index (χ1) is 70.7.